The Balaban J connectivity index is 3.60. The largest absolute Gasteiger partial charge is 0.453 e. The van der Waals surface area contributed by atoms with Crippen molar-refractivity contribution in [1.82, 2.24) is 4.90 Å². The van der Waals surface area contributed by atoms with E-state index in [-0.39, 0.29) is 6.09 Å². The van der Waals surface area contributed by atoms with Crippen LogP contribution < -0.4 is 0 Å². The lowest BCUT2D eigenvalue weighted by molar-refractivity contribution is 0.125. The summed E-state index contributed by atoms with van der Waals surface area (Å²) in [5.74, 6) is 0. The average molecular weight is 173 g/mol. The summed E-state index contributed by atoms with van der Waals surface area (Å²) >= 11 is 0. The van der Waals surface area contributed by atoms with E-state index in [4.69, 9.17) is 0 Å². The van der Waals surface area contributed by atoms with Crippen LogP contribution in [-0.4, -0.2) is 31.2 Å². The maximum Gasteiger partial charge on any atom is 0.409 e. The fourth-order valence-corrected chi connectivity index (χ4v) is 1.06. The zero-order chi connectivity index (χ0) is 9.40. The van der Waals surface area contributed by atoms with E-state index < -0.39 is 0 Å². The van der Waals surface area contributed by atoms with Crippen LogP contribution in [0, 0.1) is 0 Å². The summed E-state index contributed by atoms with van der Waals surface area (Å²) in [5, 5.41) is 0. The van der Waals surface area contributed by atoms with Crippen LogP contribution in [-0.2, 0) is 4.74 Å². The van der Waals surface area contributed by atoms with Crippen molar-refractivity contribution in [2.75, 3.05) is 20.2 Å². The van der Waals surface area contributed by atoms with Crippen molar-refractivity contribution < 1.29 is 9.53 Å². The number of amides is 1. The van der Waals surface area contributed by atoms with Gasteiger partial charge in [-0.05, 0) is 13.3 Å². The van der Waals surface area contributed by atoms with Gasteiger partial charge in [-0.15, -0.1) is 0 Å². The summed E-state index contributed by atoms with van der Waals surface area (Å²) in [4.78, 5) is 12.8. The number of methoxy groups -OCH3 is 1. The summed E-state index contributed by atoms with van der Waals surface area (Å²) < 4.78 is 4.62. The number of carbonyl (C=O) groups is 1. The molecule has 0 radical (unpaired) electrons. The summed E-state index contributed by atoms with van der Waals surface area (Å²) in [6, 6.07) is 0. The van der Waals surface area contributed by atoms with Gasteiger partial charge in [0.1, 0.15) is 0 Å². The molecule has 0 aromatic heterocycles. The molecule has 0 saturated carbocycles. The third-order valence-electron chi connectivity index (χ3n) is 1.85. The van der Waals surface area contributed by atoms with Gasteiger partial charge in [0.05, 0.1) is 7.11 Å². The molecule has 0 aromatic carbocycles. The Bertz CT molecular complexity index is 126. The first-order valence-corrected chi connectivity index (χ1v) is 4.59. The molecule has 0 aliphatic heterocycles. The predicted molar refractivity (Wildman–Crippen MR) is 49.2 cm³/mol. The van der Waals surface area contributed by atoms with Crippen molar-refractivity contribution in [3.8, 4) is 0 Å². The molecule has 0 atom stereocenters. The number of nitrogens with zero attached hydrogens (tertiary/aromatic N) is 1. The van der Waals surface area contributed by atoms with Gasteiger partial charge in [-0.2, -0.15) is 0 Å². The van der Waals surface area contributed by atoms with Crippen LogP contribution in [0.1, 0.15) is 33.1 Å². The third kappa shape index (κ3) is 4.21. The second-order valence-corrected chi connectivity index (χ2v) is 2.76. The fraction of sp³-hybridized carbons (Fsp3) is 0.889. The highest BCUT2D eigenvalue weighted by molar-refractivity contribution is 5.67. The normalized spacial score (nSPS) is 9.58. The fourth-order valence-electron chi connectivity index (χ4n) is 1.06. The van der Waals surface area contributed by atoms with Gasteiger partial charge in [-0.3, -0.25) is 0 Å². The van der Waals surface area contributed by atoms with Crippen molar-refractivity contribution in [2.45, 2.75) is 33.1 Å². The first-order chi connectivity index (χ1) is 5.76. The quantitative estimate of drug-likeness (QED) is 0.597. The molecule has 0 aliphatic rings. The van der Waals surface area contributed by atoms with Gasteiger partial charge in [-0.1, -0.05) is 19.8 Å². The lowest BCUT2D eigenvalue weighted by Gasteiger charge is -2.18. The molecule has 0 saturated heterocycles. The number of ether oxygens (including phenoxy) is 1. The van der Waals surface area contributed by atoms with Crippen LogP contribution in [0.25, 0.3) is 0 Å². The highest BCUT2D eigenvalue weighted by Gasteiger charge is 2.09. The van der Waals surface area contributed by atoms with E-state index in [1.165, 1.54) is 20.0 Å². The van der Waals surface area contributed by atoms with Crippen LogP contribution in [0.3, 0.4) is 0 Å². The zero-order valence-corrected chi connectivity index (χ0v) is 8.30. The Morgan fingerprint density at radius 1 is 1.33 bits per heavy atom. The summed E-state index contributed by atoms with van der Waals surface area (Å²) in [5.41, 5.74) is 0. The summed E-state index contributed by atoms with van der Waals surface area (Å²) in [7, 11) is 1.42. The van der Waals surface area contributed by atoms with E-state index in [9.17, 15) is 4.79 Å². The SMILES string of the molecule is CCCCCN(CC)C(=O)OC. The van der Waals surface area contributed by atoms with Crippen molar-refractivity contribution in [2.24, 2.45) is 0 Å². The summed E-state index contributed by atoms with van der Waals surface area (Å²) in [6.45, 7) is 5.66. The van der Waals surface area contributed by atoms with Crippen molar-refractivity contribution >= 4 is 6.09 Å². The molecule has 1 amide bonds. The standard InChI is InChI=1S/C9H19NO2/c1-4-6-7-8-10(5-2)9(11)12-3/h4-8H2,1-3H3. The smallest absolute Gasteiger partial charge is 0.409 e. The second kappa shape index (κ2) is 6.95. The molecule has 3 heteroatoms. The van der Waals surface area contributed by atoms with E-state index in [0.717, 1.165) is 19.5 Å². The second-order valence-electron chi connectivity index (χ2n) is 2.76. The van der Waals surface area contributed by atoms with Gasteiger partial charge >= 0.3 is 6.09 Å². The highest BCUT2D eigenvalue weighted by Crippen LogP contribution is 1.99. The van der Waals surface area contributed by atoms with Gasteiger partial charge in [0.25, 0.3) is 0 Å². The van der Waals surface area contributed by atoms with E-state index in [1.54, 1.807) is 4.90 Å². The van der Waals surface area contributed by atoms with E-state index in [2.05, 4.69) is 11.7 Å². The Labute approximate surface area is 74.7 Å². The lowest BCUT2D eigenvalue weighted by Crippen LogP contribution is -2.31. The van der Waals surface area contributed by atoms with Crippen molar-refractivity contribution in [3.05, 3.63) is 0 Å². The zero-order valence-electron chi connectivity index (χ0n) is 8.30. The third-order valence-corrected chi connectivity index (χ3v) is 1.85. The van der Waals surface area contributed by atoms with Crippen LogP contribution in [0.15, 0.2) is 0 Å². The maximum atomic E-state index is 11.0. The highest BCUT2D eigenvalue weighted by atomic mass is 16.5. The molecule has 0 aromatic rings. The Kier molecular flexibility index (Phi) is 6.53. The van der Waals surface area contributed by atoms with E-state index >= 15 is 0 Å². The van der Waals surface area contributed by atoms with Crippen molar-refractivity contribution in [3.63, 3.8) is 0 Å². The Morgan fingerprint density at radius 3 is 2.42 bits per heavy atom. The molecule has 0 rings (SSSR count). The molecule has 0 fully saturated rings. The summed E-state index contributed by atoms with van der Waals surface area (Å²) in [6.07, 6.45) is 3.21. The molecule has 0 aliphatic carbocycles. The van der Waals surface area contributed by atoms with E-state index in [0.29, 0.717) is 0 Å². The molecule has 72 valence electrons. The minimum absolute atomic E-state index is 0.214. The van der Waals surface area contributed by atoms with Crippen LogP contribution in [0.4, 0.5) is 4.79 Å². The minimum Gasteiger partial charge on any atom is -0.453 e. The lowest BCUT2D eigenvalue weighted by atomic mass is 10.2. The Morgan fingerprint density at radius 2 is 2.00 bits per heavy atom. The molecule has 12 heavy (non-hydrogen) atoms. The van der Waals surface area contributed by atoms with E-state index in [1.807, 2.05) is 6.92 Å². The van der Waals surface area contributed by atoms with Gasteiger partial charge in [0.2, 0.25) is 0 Å². The van der Waals surface area contributed by atoms with Crippen LogP contribution in [0.5, 0.6) is 0 Å². The number of hydrogen-bond donors (Lipinski definition) is 0. The molecule has 0 unspecified atom stereocenters. The first kappa shape index (κ1) is 11.3. The average Bonchev–Trinajstić information content (AvgIpc) is 2.11. The monoisotopic (exact) mass is 173 g/mol. The van der Waals surface area contributed by atoms with Gasteiger partial charge in [0.15, 0.2) is 0 Å². The molecular weight excluding hydrogens is 154 g/mol. The van der Waals surface area contributed by atoms with Crippen molar-refractivity contribution in [1.29, 1.82) is 0 Å². The topological polar surface area (TPSA) is 29.5 Å². The number of carbonyl (C=O) groups excluding carboxylic acids is 1. The van der Waals surface area contributed by atoms with Gasteiger partial charge in [-0.25, -0.2) is 4.79 Å². The van der Waals surface area contributed by atoms with Gasteiger partial charge in [0, 0.05) is 13.1 Å². The van der Waals surface area contributed by atoms with Gasteiger partial charge < -0.3 is 9.64 Å². The molecule has 0 spiro atoms. The Hall–Kier alpha value is -0.730. The molecule has 0 N–H and O–H groups in total. The minimum atomic E-state index is -0.214. The first-order valence-electron chi connectivity index (χ1n) is 4.59. The predicted octanol–water partition coefficient (Wildman–Crippen LogP) is 2.26. The number of hydrogen-bond acceptors (Lipinski definition) is 2. The molecular formula is C9H19NO2. The molecule has 0 heterocycles. The molecule has 3 nitrogen and oxygen atoms in total. The van der Waals surface area contributed by atoms with Crippen LogP contribution >= 0.6 is 0 Å². The number of rotatable bonds is 5. The maximum absolute atomic E-state index is 11.0. The molecule has 0 bridgehead atoms. The van der Waals surface area contributed by atoms with Crippen LogP contribution in [0.2, 0.25) is 0 Å². The number of unbranched alkanes of at least 4 members (excludes halogenated alkanes) is 2.